The van der Waals surface area contributed by atoms with Gasteiger partial charge in [-0.25, -0.2) is 18.7 Å². The molecule has 24 heavy (non-hydrogen) atoms. The van der Waals surface area contributed by atoms with Crippen molar-refractivity contribution in [3.63, 3.8) is 0 Å². The summed E-state index contributed by atoms with van der Waals surface area (Å²) >= 11 is 0. The standard InChI is InChI=1S/C18H11F2N3O/c19-11-7-8-15(13(20)10-11)22-17-12-4-1-2-5-14(12)21-18(23-17)16-6-3-9-24-16/h1-10H,(H,21,22,23). The summed E-state index contributed by atoms with van der Waals surface area (Å²) in [5.74, 6) is -0.0382. The fourth-order valence-corrected chi connectivity index (χ4v) is 2.41. The van der Waals surface area contributed by atoms with Crippen LogP contribution < -0.4 is 5.32 Å². The van der Waals surface area contributed by atoms with Gasteiger partial charge in [0.25, 0.3) is 0 Å². The minimum atomic E-state index is -0.697. The third-order valence-electron chi connectivity index (χ3n) is 3.53. The van der Waals surface area contributed by atoms with Gasteiger partial charge in [-0.3, -0.25) is 0 Å². The number of para-hydroxylation sites is 1. The van der Waals surface area contributed by atoms with Crippen molar-refractivity contribution in [2.45, 2.75) is 0 Å². The van der Waals surface area contributed by atoms with Crippen LogP contribution in [-0.4, -0.2) is 9.97 Å². The van der Waals surface area contributed by atoms with E-state index in [0.29, 0.717) is 22.9 Å². The Morgan fingerprint density at radius 1 is 0.917 bits per heavy atom. The number of nitrogens with one attached hydrogen (secondary N) is 1. The number of furan rings is 1. The van der Waals surface area contributed by atoms with E-state index in [1.807, 2.05) is 24.3 Å². The molecule has 2 aromatic heterocycles. The van der Waals surface area contributed by atoms with E-state index in [-0.39, 0.29) is 5.69 Å². The average molecular weight is 323 g/mol. The molecule has 0 saturated heterocycles. The molecule has 0 bridgehead atoms. The molecule has 4 rings (SSSR count). The van der Waals surface area contributed by atoms with Gasteiger partial charge in [0.15, 0.2) is 11.6 Å². The SMILES string of the molecule is Fc1ccc(Nc2nc(-c3ccco3)nc3ccccc23)c(F)c1. The normalized spacial score (nSPS) is 10.9. The molecule has 2 heterocycles. The van der Waals surface area contributed by atoms with Crippen LogP contribution in [0.3, 0.4) is 0 Å². The number of hydrogen-bond acceptors (Lipinski definition) is 4. The smallest absolute Gasteiger partial charge is 0.198 e. The summed E-state index contributed by atoms with van der Waals surface area (Å²) in [6, 6.07) is 14.1. The molecule has 118 valence electrons. The van der Waals surface area contributed by atoms with E-state index in [1.54, 1.807) is 12.1 Å². The van der Waals surface area contributed by atoms with Crippen molar-refractivity contribution < 1.29 is 13.2 Å². The fraction of sp³-hybridized carbons (Fsp3) is 0. The molecule has 6 heteroatoms. The Kier molecular flexibility index (Phi) is 3.42. The van der Waals surface area contributed by atoms with E-state index in [2.05, 4.69) is 15.3 Å². The van der Waals surface area contributed by atoms with Gasteiger partial charge in [-0.05, 0) is 36.4 Å². The molecule has 0 amide bonds. The van der Waals surface area contributed by atoms with Crippen molar-refractivity contribution in [3.05, 3.63) is 72.5 Å². The summed E-state index contributed by atoms with van der Waals surface area (Å²) in [4.78, 5) is 8.88. The van der Waals surface area contributed by atoms with Crippen LogP contribution in [0.2, 0.25) is 0 Å². The highest BCUT2D eigenvalue weighted by Gasteiger charge is 2.13. The molecule has 1 N–H and O–H groups in total. The molecule has 0 atom stereocenters. The van der Waals surface area contributed by atoms with E-state index in [9.17, 15) is 8.78 Å². The lowest BCUT2D eigenvalue weighted by atomic mass is 10.2. The first kappa shape index (κ1) is 14.3. The quantitative estimate of drug-likeness (QED) is 0.582. The van der Waals surface area contributed by atoms with Crippen molar-refractivity contribution in [1.29, 1.82) is 0 Å². The predicted octanol–water partition coefficient (Wildman–Crippen LogP) is 4.91. The zero-order valence-corrected chi connectivity index (χ0v) is 12.3. The predicted molar refractivity (Wildman–Crippen MR) is 86.9 cm³/mol. The highest BCUT2D eigenvalue weighted by atomic mass is 19.1. The van der Waals surface area contributed by atoms with Gasteiger partial charge in [0.1, 0.15) is 17.5 Å². The second kappa shape index (κ2) is 5.73. The minimum Gasteiger partial charge on any atom is -0.461 e. The van der Waals surface area contributed by atoms with E-state index in [0.717, 1.165) is 11.5 Å². The van der Waals surface area contributed by atoms with Gasteiger partial charge in [0.2, 0.25) is 0 Å². The Hall–Kier alpha value is -3.28. The van der Waals surface area contributed by atoms with E-state index < -0.39 is 11.6 Å². The lowest BCUT2D eigenvalue weighted by Gasteiger charge is -2.11. The molecule has 0 aliphatic rings. The third-order valence-corrected chi connectivity index (χ3v) is 3.53. The van der Waals surface area contributed by atoms with Crippen LogP contribution in [0.4, 0.5) is 20.3 Å². The van der Waals surface area contributed by atoms with Crippen molar-refractivity contribution >= 4 is 22.4 Å². The molecule has 0 fully saturated rings. The van der Waals surface area contributed by atoms with Crippen molar-refractivity contribution in [2.75, 3.05) is 5.32 Å². The minimum absolute atomic E-state index is 0.130. The Balaban J connectivity index is 1.86. The van der Waals surface area contributed by atoms with Crippen LogP contribution in [0.25, 0.3) is 22.5 Å². The van der Waals surface area contributed by atoms with E-state index in [4.69, 9.17) is 4.42 Å². The van der Waals surface area contributed by atoms with Crippen LogP contribution in [0.1, 0.15) is 0 Å². The van der Waals surface area contributed by atoms with E-state index in [1.165, 1.54) is 18.4 Å². The first-order valence-corrected chi connectivity index (χ1v) is 7.23. The topological polar surface area (TPSA) is 51.0 Å². The molecular formula is C18H11F2N3O. The Bertz CT molecular complexity index is 1020. The van der Waals surface area contributed by atoms with Crippen LogP contribution in [-0.2, 0) is 0 Å². The van der Waals surface area contributed by atoms with Crippen molar-refractivity contribution in [2.24, 2.45) is 0 Å². The number of anilines is 2. The Morgan fingerprint density at radius 3 is 2.58 bits per heavy atom. The van der Waals surface area contributed by atoms with Gasteiger partial charge in [-0.2, -0.15) is 0 Å². The maximum atomic E-state index is 13.9. The number of rotatable bonds is 3. The summed E-state index contributed by atoms with van der Waals surface area (Å²) in [6.45, 7) is 0. The maximum Gasteiger partial charge on any atom is 0.198 e. The van der Waals surface area contributed by atoms with Crippen LogP contribution in [0.5, 0.6) is 0 Å². The molecule has 0 aliphatic heterocycles. The van der Waals surface area contributed by atoms with Gasteiger partial charge in [-0.15, -0.1) is 0 Å². The number of aromatic nitrogens is 2. The largest absolute Gasteiger partial charge is 0.461 e. The zero-order chi connectivity index (χ0) is 16.5. The summed E-state index contributed by atoms with van der Waals surface area (Å²) in [5, 5.41) is 3.63. The van der Waals surface area contributed by atoms with Crippen molar-refractivity contribution in [1.82, 2.24) is 9.97 Å². The van der Waals surface area contributed by atoms with Gasteiger partial charge >= 0.3 is 0 Å². The first-order valence-electron chi connectivity index (χ1n) is 7.23. The van der Waals surface area contributed by atoms with Gasteiger partial charge in [0, 0.05) is 11.5 Å². The molecule has 0 radical (unpaired) electrons. The Labute approximate surface area is 135 Å². The number of halogens is 2. The molecule has 0 saturated carbocycles. The summed E-state index contributed by atoms with van der Waals surface area (Å²) in [7, 11) is 0. The van der Waals surface area contributed by atoms with Gasteiger partial charge < -0.3 is 9.73 Å². The van der Waals surface area contributed by atoms with E-state index >= 15 is 0 Å². The molecule has 4 nitrogen and oxygen atoms in total. The first-order chi connectivity index (χ1) is 11.7. The fourth-order valence-electron chi connectivity index (χ4n) is 2.41. The second-order valence-corrected chi connectivity index (χ2v) is 5.14. The molecule has 0 spiro atoms. The monoisotopic (exact) mass is 323 g/mol. The summed E-state index contributed by atoms with van der Waals surface area (Å²) < 4.78 is 32.4. The third kappa shape index (κ3) is 2.58. The highest BCUT2D eigenvalue weighted by molar-refractivity contribution is 5.92. The number of benzene rings is 2. The van der Waals surface area contributed by atoms with Crippen LogP contribution in [0.15, 0.2) is 65.3 Å². The van der Waals surface area contributed by atoms with Crippen molar-refractivity contribution in [3.8, 4) is 11.6 Å². The number of fused-ring (bicyclic) bond motifs is 1. The Morgan fingerprint density at radius 2 is 1.79 bits per heavy atom. The maximum absolute atomic E-state index is 13.9. The number of nitrogens with zero attached hydrogens (tertiary/aromatic N) is 2. The highest BCUT2D eigenvalue weighted by Crippen LogP contribution is 2.28. The zero-order valence-electron chi connectivity index (χ0n) is 12.3. The molecule has 0 unspecified atom stereocenters. The molecule has 4 aromatic rings. The van der Waals surface area contributed by atoms with Gasteiger partial charge in [0.05, 0.1) is 17.5 Å². The average Bonchev–Trinajstić information content (AvgIpc) is 3.12. The summed E-state index contributed by atoms with van der Waals surface area (Å²) in [6.07, 6.45) is 1.53. The molecular weight excluding hydrogens is 312 g/mol. The lowest BCUT2D eigenvalue weighted by molar-refractivity contribution is 0.577. The lowest BCUT2D eigenvalue weighted by Crippen LogP contribution is -2.00. The molecule has 2 aromatic carbocycles. The van der Waals surface area contributed by atoms with Crippen LogP contribution >= 0.6 is 0 Å². The number of hydrogen-bond donors (Lipinski definition) is 1. The van der Waals surface area contributed by atoms with Crippen LogP contribution in [0, 0.1) is 11.6 Å². The second-order valence-electron chi connectivity index (χ2n) is 5.14. The summed E-state index contributed by atoms with van der Waals surface area (Å²) in [5.41, 5.74) is 0.814. The molecule has 0 aliphatic carbocycles. The van der Waals surface area contributed by atoms with Gasteiger partial charge in [-0.1, -0.05) is 12.1 Å².